The summed E-state index contributed by atoms with van der Waals surface area (Å²) >= 11 is 0.878. The van der Waals surface area contributed by atoms with Gasteiger partial charge in [0.05, 0.1) is 10.6 Å². The van der Waals surface area contributed by atoms with Gasteiger partial charge in [0.1, 0.15) is 16.5 Å². The van der Waals surface area contributed by atoms with Gasteiger partial charge in [-0.05, 0) is 30.3 Å². The average molecular weight is 423 g/mol. The summed E-state index contributed by atoms with van der Waals surface area (Å²) in [5, 5.41) is 11.2. The SMILES string of the molecule is O=[N+]([O-])c1cccnc1Sc1ccccc1NS(=O)(=O)c1ccc(F)cc1F. The Labute approximate surface area is 162 Å². The molecule has 11 heteroatoms. The number of sulfonamides is 1. The van der Waals surface area contributed by atoms with E-state index in [4.69, 9.17) is 0 Å². The fourth-order valence-corrected chi connectivity index (χ4v) is 4.39. The highest BCUT2D eigenvalue weighted by molar-refractivity contribution is 7.99. The lowest BCUT2D eigenvalue weighted by Gasteiger charge is -2.12. The number of aromatic nitrogens is 1. The zero-order valence-corrected chi connectivity index (χ0v) is 15.5. The molecule has 1 N–H and O–H groups in total. The first-order valence-corrected chi connectivity index (χ1v) is 9.92. The van der Waals surface area contributed by atoms with Crippen LogP contribution in [0.15, 0.2) is 75.6 Å². The highest BCUT2D eigenvalue weighted by atomic mass is 32.2. The molecule has 0 spiro atoms. The van der Waals surface area contributed by atoms with Crippen molar-refractivity contribution in [2.75, 3.05) is 4.72 Å². The molecule has 1 heterocycles. The van der Waals surface area contributed by atoms with Gasteiger partial charge in [0.2, 0.25) is 0 Å². The van der Waals surface area contributed by atoms with Crippen LogP contribution < -0.4 is 4.72 Å². The number of nitrogens with zero attached hydrogens (tertiary/aromatic N) is 2. The lowest BCUT2D eigenvalue weighted by molar-refractivity contribution is -0.388. The second-order valence-electron chi connectivity index (χ2n) is 5.36. The van der Waals surface area contributed by atoms with Gasteiger partial charge < -0.3 is 0 Å². The summed E-state index contributed by atoms with van der Waals surface area (Å²) in [7, 11) is -4.36. The Hall–Kier alpha value is -3.05. The predicted octanol–water partition coefficient (Wildman–Crippen LogP) is 4.22. The van der Waals surface area contributed by atoms with Gasteiger partial charge in [0, 0.05) is 23.2 Å². The first-order chi connectivity index (χ1) is 13.3. The zero-order chi connectivity index (χ0) is 20.3. The normalized spacial score (nSPS) is 11.2. The molecular weight excluding hydrogens is 412 g/mol. The molecule has 3 rings (SSSR count). The first kappa shape index (κ1) is 19.7. The summed E-state index contributed by atoms with van der Waals surface area (Å²) in [6.07, 6.45) is 1.37. The number of pyridine rings is 1. The third kappa shape index (κ3) is 4.26. The Kier molecular flexibility index (Phi) is 5.56. The summed E-state index contributed by atoms with van der Waals surface area (Å²) in [6.45, 7) is 0. The van der Waals surface area contributed by atoms with Crippen molar-refractivity contribution in [3.63, 3.8) is 0 Å². The Balaban J connectivity index is 1.96. The molecule has 0 fully saturated rings. The summed E-state index contributed by atoms with van der Waals surface area (Å²) < 4.78 is 54.2. The summed E-state index contributed by atoms with van der Waals surface area (Å²) in [5.74, 6) is -2.15. The highest BCUT2D eigenvalue weighted by Gasteiger charge is 2.22. The van der Waals surface area contributed by atoms with E-state index < -0.39 is 31.5 Å². The molecule has 2 aromatic carbocycles. The van der Waals surface area contributed by atoms with E-state index in [2.05, 4.69) is 9.71 Å². The monoisotopic (exact) mass is 423 g/mol. The van der Waals surface area contributed by atoms with Crippen LogP contribution in [0.5, 0.6) is 0 Å². The highest BCUT2D eigenvalue weighted by Crippen LogP contribution is 2.37. The van der Waals surface area contributed by atoms with Gasteiger partial charge in [0.15, 0.2) is 5.03 Å². The van der Waals surface area contributed by atoms with Crippen LogP contribution in [0.3, 0.4) is 0 Å². The van der Waals surface area contributed by atoms with Gasteiger partial charge in [0.25, 0.3) is 10.0 Å². The number of benzene rings is 2. The van der Waals surface area contributed by atoms with Crippen molar-refractivity contribution < 1.29 is 22.1 Å². The van der Waals surface area contributed by atoms with E-state index in [1.807, 2.05) is 0 Å². The topological polar surface area (TPSA) is 102 Å². The zero-order valence-electron chi connectivity index (χ0n) is 13.9. The molecule has 28 heavy (non-hydrogen) atoms. The Bertz CT molecular complexity index is 1160. The van der Waals surface area contributed by atoms with E-state index in [-0.39, 0.29) is 16.4 Å². The molecule has 0 aliphatic rings. The van der Waals surface area contributed by atoms with Crippen LogP contribution in [0.1, 0.15) is 0 Å². The van der Waals surface area contributed by atoms with Gasteiger partial charge in [-0.2, -0.15) is 0 Å². The molecule has 0 radical (unpaired) electrons. The van der Waals surface area contributed by atoms with E-state index in [0.29, 0.717) is 11.0 Å². The van der Waals surface area contributed by atoms with Crippen molar-refractivity contribution in [1.82, 2.24) is 4.98 Å². The van der Waals surface area contributed by atoms with E-state index in [0.717, 1.165) is 23.9 Å². The maximum absolute atomic E-state index is 13.9. The molecule has 0 saturated heterocycles. The van der Waals surface area contributed by atoms with E-state index >= 15 is 0 Å². The molecule has 0 atom stereocenters. The van der Waals surface area contributed by atoms with Crippen molar-refractivity contribution >= 4 is 33.2 Å². The Morgan fingerprint density at radius 1 is 1.07 bits per heavy atom. The molecule has 144 valence electrons. The van der Waals surface area contributed by atoms with E-state index in [1.165, 1.54) is 36.5 Å². The quantitative estimate of drug-likeness (QED) is 0.470. The van der Waals surface area contributed by atoms with E-state index in [9.17, 15) is 27.3 Å². The molecule has 0 unspecified atom stereocenters. The van der Waals surface area contributed by atoms with Crippen molar-refractivity contribution in [2.24, 2.45) is 0 Å². The maximum Gasteiger partial charge on any atom is 0.301 e. The minimum atomic E-state index is -4.36. The fourth-order valence-electron chi connectivity index (χ4n) is 2.24. The molecule has 0 amide bonds. The minimum Gasteiger partial charge on any atom is -0.278 e. The number of hydrogen-bond donors (Lipinski definition) is 1. The first-order valence-electron chi connectivity index (χ1n) is 7.62. The van der Waals surface area contributed by atoms with Crippen molar-refractivity contribution in [1.29, 1.82) is 0 Å². The Morgan fingerprint density at radius 2 is 1.82 bits per heavy atom. The molecular formula is C17H11F2N3O4S2. The average Bonchev–Trinajstić information content (AvgIpc) is 2.63. The standard InChI is InChI=1S/C17H11F2N3O4S2/c18-11-7-8-16(12(19)10-11)28(25,26)21-13-4-1-2-6-15(13)27-17-14(22(23)24)5-3-9-20-17/h1-10,21H. The third-order valence-electron chi connectivity index (χ3n) is 3.47. The Morgan fingerprint density at radius 3 is 2.54 bits per heavy atom. The maximum atomic E-state index is 13.9. The fraction of sp³-hybridized carbons (Fsp3) is 0. The van der Waals surface area contributed by atoms with E-state index in [1.54, 1.807) is 6.07 Å². The van der Waals surface area contributed by atoms with Crippen LogP contribution in [0.4, 0.5) is 20.2 Å². The second-order valence-corrected chi connectivity index (χ2v) is 8.04. The smallest absolute Gasteiger partial charge is 0.278 e. The number of para-hydroxylation sites is 1. The molecule has 1 aromatic heterocycles. The van der Waals surface area contributed by atoms with Crippen LogP contribution >= 0.6 is 11.8 Å². The number of rotatable bonds is 6. The van der Waals surface area contributed by atoms with Crippen molar-refractivity contribution in [2.45, 2.75) is 14.8 Å². The van der Waals surface area contributed by atoms with Crippen LogP contribution in [-0.4, -0.2) is 18.3 Å². The van der Waals surface area contributed by atoms with Crippen LogP contribution in [0, 0.1) is 21.7 Å². The molecule has 0 aliphatic heterocycles. The predicted molar refractivity (Wildman–Crippen MR) is 98.6 cm³/mol. The second kappa shape index (κ2) is 7.90. The number of nitro groups is 1. The largest absolute Gasteiger partial charge is 0.301 e. The van der Waals surface area contributed by atoms with Crippen LogP contribution in [-0.2, 0) is 10.0 Å². The molecule has 7 nitrogen and oxygen atoms in total. The lowest BCUT2D eigenvalue weighted by atomic mass is 10.3. The molecule has 0 saturated carbocycles. The number of nitrogens with one attached hydrogen (secondary N) is 1. The number of halogens is 2. The van der Waals surface area contributed by atoms with Gasteiger partial charge in [-0.3, -0.25) is 14.8 Å². The van der Waals surface area contributed by atoms with Crippen molar-refractivity contribution in [3.05, 3.63) is 82.5 Å². The van der Waals surface area contributed by atoms with Crippen LogP contribution in [0.2, 0.25) is 0 Å². The van der Waals surface area contributed by atoms with Gasteiger partial charge in [-0.15, -0.1) is 0 Å². The molecule has 3 aromatic rings. The molecule has 0 aliphatic carbocycles. The summed E-state index contributed by atoms with van der Waals surface area (Å²) in [6, 6.07) is 10.9. The van der Waals surface area contributed by atoms with Gasteiger partial charge >= 0.3 is 5.69 Å². The summed E-state index contributed by atoms with van der Waals surface area (Å²) in [4.78, 5) is 14.1. The van der Waals surface area contributed by atoms with Gasteiger partial charge in [-0.1, -0.05) is 23.9 Å². The van der Waals surface area contributed by atoms with Gasteiger partial charge in [-0.25, -0.2) is 22.2 Å². The van der Waals surface area contributed by atoms with Crippen LogP contribution in [0.25, 0.3) is 0 Å². The molecule has 0 bridgehead atoms. The summed E-state index contributed by atoms with van der Waals surface area (Å²) in [5.41, 5.74) is -0.175. The number of anilines is 1. The lowest BCUT2D eigenvalue weighted by Crippen LogP contribution is -2.15. The third-order valence-corrected chi connectivity index (χ3v) is 5.95. The number of hydrogen-bond acceptors (Lipinski definition) is 6. The minimum absolute atomic E-state index is 0.0621. The van der Waals surface area contributed by atoms with Crippen molar-refractivity contribution in [3.8, 4) is 0 Å².